The lowest BCUT2D eigenvalue weighted by molar-refractivity contribution is -0.718. The molecule has 0 saturated carbocycles. The average Bonchev–Trinajstić information content (AvgIpc) is 2.22. The fourth-order valence-electron chi connectivity index (χ4n) is 0.667. The van der Waals surface area contributed by atoms with Crippen molar-refractivity contribution in [3.8, 4) is 0 Å². The van der Waals surface area contributed by atoms with Crippen LogP contribution in [0, 0.1) is 0 Å². The van der Waals surface area contributed by atoms with Gasteiger partial charge in [0, 0.05) is 0 Å². The van der Waals surface area contributed by atoms with Gasteiger partial charge in [0.15, 0.2) is 0 Å². The van der Waals surface area contributed by atoms with Crippen molar-refractivity contribution >= 4 is 0 Å². The van der Waals surface area contributed by atoms with Crippen molar-refractivity contribution in [2.75, 3.05) is 20.1 Å². The molecular weight excluding hydrogens is 86.1 g/mol. The Morgan fingerprint density at radius 2 is 2.00 bits per heavy atom. The summed E-state index contributed by atoms with van der Waals surface area (Å²) < 4.78 is 1.16. The van der Waals surface area contributed by atoms with Crippen LogP contribution in [0.2, 0.25) is 0 Å². The van der Waals surface area contributed by atoms with Crippen LogP contribution >= 0.6 is 0 Å². The molecule has 1 aliphatic heterocycles. The SMILES string of the molecule is C/C=C\[N+]1(C)CC1. The van der Waals surface area contributed by atoms with Crippen LogP contribution < -0.4 is 0 Å². The summed E-state index contributed by atoms with van der Waals surface area (Å²) >= 11 is 0. The van der Waals surface area contributed by atoms with Gasteiger partial charge in [-0.15, -0.1) is 0 Å². The van der Waals surface area contributed by atoms with Gasteiger partial charge in [-0.1, -0.05) is 0 Å². The van der Waals surface area contributed by atoms with Crippen molar-refractivity contribution in [2.45, 2.75) is 6.92 Å². The highest BCUT2D eigenvalue weighted by molar-refractivity contribution is 4.72. The number of rotatable bonds is 1. The third kappa shape index (κ3) is 1.03. The maximum atomic E-state index is 2.24. The van der Waals surface area contributed by atoms with Gasteiger partial charge in [0.2, 0.25) is 0 Å². The highest BCUT2D eigenvalue weighted by Crippen LogP contribution is 2.16. The summed E-state index contributed by atoms with van der Waals surface area (Å²) in [7, 11) is 2.24. The highest BCUT2D eigenvalue weighted by Gasteiger charge is 2.33. The van der Waals surface area contributed by atoms with E-state index in [2.05, 4.69) is 26.2 Å². The van der Waals surface area contributed by atoms with Crippen LogP contribution in [-0.2, 0) is 0 Å². The molecule has 1 heteroatoms. The van der Waals surface area contributed by atoms with Crippen LogP contribution in [0.4, 0.5) is 0 Å². The molecule has 0 aliphatic carbocycles. The van der Waals surface area contributed by atoms with Crippen LogP contribution in [0.3, 0.4) is 0 Å². The van der Waals surface area contributed by atoms with Gasteiger partial charge in [-0.3, -0.25) is 4.48 Å². The molecule has 0 bridgehead atoms. The molecule has 0 aromatic heterocycles. The van der Waals surface area contributed by atoms with Crippen LogP contribution in [0.5, 0.6) is 0 Å². The lowest BCUT2D eigenvalue weighted by Crippen LogP contribution is -2.08. The molecule has 0 unspecified atom stereocenters. The van der Waals surface area contributed by atoms with E-state index in [1.165, 1.54) is 13.1 Å². The van der Waals surface area contributed by atoms with E-state index in [0.717, 1.165) is 4.48 Å². The second kappa shape index (κ2) is 1.34. The summed E-state index contributed by atoms with van der Waals surface area (Å²) in [4.78, 5) is 0. The normalized spacial score (nSPS) is 26.0. The Labute approximate surface area is 44.8 Å². The Morgan fingerprint density at radius 1 is 1.43 bits per heavy atom. The Morgan fingerprint density at radius 3 is 2.14 bits per heavy atom. The first-order valence-electron chi connectivity index (χ1n) is 2.75. The van der Waals surface area contributed by atoms with Crippen LogP contribution in [0.25, 0.3) is 0 Å². The minimum atomic E-state index is 1.16. The van der Waals surface area contributed by atoms with Crippen molar-refractivity contribution in [3.63, 3.8) is 0 Å². The Hall–Kier alpha value is -0.300. The third-order valence-electron chi connectivity index (χ3n) is 1.44. The highest BCUT2D eigenvalue weighted by atomic mass is 15.4. The van der Waals surface area contributed by atoms with Crippen LogP contribution in [-0.4, -0.2) is 24.6 Å². The molecular formula is C6H12N+. The number of hydrogen-bond donors (Lipinski definition) is 0. The summed E-state index contributed by atoms with van der Waals surface area (Å²) in [5.74, 6) is 0. The van der Waals surface area contributed by atoms with Crippen molar-refractivity contribution in [3.05, 3.63) is 12.3 Å². The van der Waals surface area contributed by atoms with Crippen molar-refractivity contribution in [1.29, 1.82) is 0 Å². The molecule has 1 fully saturated rings. The molecule has 0 aromatic carbocycles. The molecule has 1 aliphatic rings. The van der Waals surface area contributed by atoms with E-state index in [1.54, 1.807) is 0 Å². The predicted molar refractivity (Wildman–Crippen MR) is 30.7 cm³/mol. The van der Waals surface area contributed by atoms with Gasteiger partial charge in [0.25, 0.3) is 0 Å². The molecule has 1 nitrogen and oxygen atoms in total. The second-order valence-electron chi connectivity index (χ2n) is 2.41. The summed E-state index contributed by atoms with van der Waals surface area (Å²) in [6, 6.07) is 0. The van der Waals surface area contributed by atoms with E-state index < -0.39 is 0 Å². The quantitative estimate of drug-likeness (QED) is 0.339. The maximum Gasteiger partial charge on any atom is 0.133 e. The first-order chi connectivity index (χ1) is 3.27. The van der Waals surface area contributed by atoms with Gasteiger partial charge in [0.1, 0.15) is 13.1 Å². The molecule has 1 saturated heterocycles. The summed E-state index contributed by atoms with van der Waals surface area (Å²) in [6.45, 7) is 4.75. The monoisotopic (exact) mass is 98.1 g/mol. The molecule has 0 N–H and O–H groups in total. The van der Waals surface area contributed by atoms with E-state index in [9.17, 15) is 0 Å². The van der Waals surface area contributed by atoms with Gasteiger partial charge in [-0.05, 0) is 13.0 Å². The number of quaternary nitrogens is 1. The average molecular weight is 98.2 g/mol. The molecule has 0 amide bonds. The predicted octanol–water partition coefficient (Wildman–Crippen LogP) is 0.980. The molecule has 0 radical (unpaired) electrons. The minimum Gasteiger partial charge on any atom is -0.291 e. The first kappa shape index (κ1) is 4.85. The minimum absolute atomic E-state index is 1.16. The van der Waals surface area contributed by atoms with Crippen LogP contribution in [0.1, 0.15) is 6.92 Å². The van der Waals surface area contributed by atoms with E-state index in [4.69, 9.17) is 0 Å². The molecule has 1 rings (SSSR count). The Bertz CT molecular complexity index is 90.4. The lowest BCUT2D eigenvalue weighted by Gasteiger charge is -1.99. The van der Waals surface area contributed by atoms with Gasteiger partial charge in [-0.2, -0.15) is 0 Å². The van der Waals surface area contributed by atoms with Gasteiger partial charge in [0.05, 0.1) is 13.2 Å². The fourth-order valence-corrected chi connectivity index (χ4v) is 0.667. The Balaban J connectivity index is 2.40. The van der Waals surface area contributed by atoms with E-state index in [-0.39, 0.29) is 0 Å². The van der Waals surface area contributed by atoms with Crippen molar-refractivity contribution in [1.82, 2.24) is 0 Å². The summed E-state index contributed by atoms with van der Waals surface area (Å²) in [5, 5.41) is 0. The van der Waals surface area contributed by atoms with Gasteiger partial charge >= 0.3 is 0 Å². The topological polar surface area (TPSA) is 0 Å². The molecule has 0 spiro atoms. The largest absolute Gasteiger partial charge is 0.291 e. The van der Waals surface area contributed by atoms with E-state index in [0.29, 0.717) is 0 Å². The number of likely N-dealkylation sites (N-methyl/N-ethyl adjacent to an activating group) is 1. The number of hydrogen-bond acceptors (Lipinski definition) is 0. The summed E-state index contributed by atoms with van der Waals surface area (Å²) in [5.41, 5.74) is 0. The van der Waals surface area contributed by atoms with Gasteiger partial charge < -0.3 is 0 Å². The molecule has 7 heavy (non-hydrogen) atoms. The zero-order chi connectivity index (χ0) is 5.33. The zero-order valence-corrected chi connectivity index (χ0v) is 5.02. The number of nitrogens with zero attached hydrogens (tertiary/aromatic N) is 1. The molecule has 40 valence electrons. The maximum absolute atomic E-state index is 2.24. The van der Waals surface area contributed by atoms with E-state index in [1.807, 2.05) is 0 Å². The Kier molecular flexibility index (Phi) is 0.927. The second-order valence-corrected chi connectivity index (χ2v) is 2.41. The van der Waals surface area contributed by atoms with Gasteiger partial charge in [-0.25, -0.2) is 0 Å². The smallest absolute Gasteiger partial charge is 0.133 e. The molecule has 0 aromatic rings. The zero-order valence-electron chi connectivity index (χ0n) is 5.02. The molecule has 1 heterocycles. The summed E-state index contributed by atoms with van der Waals surface area (Å²) in [6.07, 6.45) is 4.35. The lowest BCUT2D eigenvalue weighted by atomic mass is 10.7. The fraction of sp³-hybridized carbons (Fsp3) is 0.667. The van der Waals surface area contributed by atoms with Crippen LogP contribution in [0.15, 0.2) is 12.3 Å². The standard InChI is InChI=1S/C6H12N/c1-3-4-7(2)5-6-7/h3-4H,5-6H2,1-2H3/q+1/b4-3-. The first-order valence-corrected chi connectivity index (χ1v) is 2.75. The number of allylic oxidation sites excluding steroid dienone is 1. The van der Waals surface area contributed by atoms with E-state index >= 15 is 0 Å². The third-order valence-corrected chi connectivity index (χ3v) is 1.44. The molecule has 0 atom stereocenters. The van der Waals surface area contributed by atoms with Crippen molar-refractivity contribution < 1.29 is 4.48 Å². The van der Waals surface area contributed by atoms with Crippen molar-refractivity contribution in [2.24, 2.45) is 0 Å².